The Bertz CT molecular complexity index is 680. The smallest absolute Gasteiger partial charge is 0.271 e. The molecule has 0 aliphatic carbocycles. The number of ether oxygens (including phenoxy) is 1. The maximum atomic E-state index is 11.9. The molecule has 0 unspecified atom stereocenters. The molecule has 0 saturated heterocycles. The largest absolute Gasteiger partial charge is 0.497 e. The number of methoxy groups -OCH3 is 1. The Morgan fingerprint density at radius 3 is 2.45 bits per heavy atom. The van der Waals surface area contributed by atoms with Crippen LogP contribution in [0.1, 0.15) is 15.9 Å². The van der Waals surface area contributed by atoms with Crippen LogP contribution in [0, 0.1) is 0 Å². The predicted octanol–water partition coefficient (Wildman–Crippen LogP) is 3.85. The van der Waals surface area contributed by atoms with E-state index >= 15 is 0 Å². The Kier molecular flexibility index (Phi) is 5.91. The lowest BCUT2D eigenvalue weighted by Gasteiger charge is -2.02. The van der Waals surface area contributed by atoms with E-state index in [0.717, 1.165) is 10.0 Å². The van der Waals surface area contributed by atoms with Crippen LogP contribution in [0.25, 0.3) is 6.08 Å². The molecule has 2 aromatic rings. The van der Waals surface area contributed by atoms with Gasteiger partial charge in [0.05, 0.1) is 13.3 Å². The number of halogens is 1. The lowest BCUT2D eigenvalue weighted by Crippen LogP contribution is -2.17. The highest BCUT2D eigenvalue weighted by Crippen LogP contribution is 2.11. The van der Waals surface area contributed by atoms with Crippen molar-refractivity contribution in [2.45, 2.75) is 0 Å². The molecule has 1 amide bonds. The molecular formula is C17H15BrN2O2. The third-order valence-electron chi connectivity index (χ3n) is 2.81. The summed E-state index contributed by atoms with van der Waals surface area (Å²) in [4.78, 5) is 11.9. The van der Waals surface area contributed by atoms with E-state index < -0.39 is 0 Å². The summed E-state index contributed by atoms with van der Waals surface area (Å²) in [6.07, 6.45) is 3.44. The Morgan fingerprint density at radius 1 is 1.14 bits per heavy atom. The first-order chi connectivity index (χ1) is 10.7. The fraction of sp³-hybridized carbons (Fsp3) is 0.0588. The van der Waals surface area contributed by atoms with Crippen molar-refractivity contribution in [1.29, 1.82) is 0 Å². The van der Waals surface area contributed by atoms with Gasteiger partial charge < -0.3 is 4.74 Å². The van der Waals surface area contributed by atoms with Gasteiger partial charge in [-0.15, -0.1) is 0 Å². The van der Waals surface area contributed by atoms with Gasteiger partial charge in [-0.3, -0.25) is 4.79 Å². The molecule has 0 bridgehead atoms. The van der Waals surface area contributed by atoms with Crippen LogP contribution in [0.15, 0.2) is 64.2 Å². The van der Waals surface area contributed by atoms with Crippen molar-refractivity contribution < 1.29 is 9.53 Å². The highest BCUT2D eigenvalue weighted by atomic mass is 79.9. The van der Waals surface area contributed by atoms with Gasteiger partial charge in [0.1, 0.15) is 5.75 Å². The number of rotatable bonds is 5. The van der Waals surface area contributed by atoms with Crippen LogP contribution in [0.3, 0.4) is 0 Å². The summed E-state index contributed by atoms with van der Waals surface area (Å²) >= 11 is 3.38. The fourth-order valence-corrected chi connectivity index (χ4v) is 2.07. The van der Waals surface area contributed by atoms with Gasteiger partial charge in [0.25, 0.3) is 5.91 Å². The summed E-state index contributed by atoms with van der Waals surface area (Å²) in [5.74, 6) is 0.424. The molecule has 22 heavy (non-hydrogen) atoms. The Balaban J connectivity index is 1.93. The van der Waals surface area contributed by atoms with E-state index in [1.54, 1.807) is 31.4 Å². The third-order valence-corrected chi connectivity index (χ3v) is 3.24. The molecule has 0 heterocycles. The molecule has 1 N–H and O–H groups in total. The number of hydrogen-bond donors (Lipinski definition) is 1. The Morgan fingerprint density at radius 2 is 1.82 bits per heavy atom. The molecule has 4 nitrogen and oxygen atoms in total. The molecule has 0 aromatic heterocycles. The van der Waals surface area contributed by atoms with Crippen LogP contribution in [-0.4, -0.2) is 19.2 Å². The average molecular weight is 359 g/mol. The van der Waals surface area contributed by atoms with Crippen molar-refractivity contribution in [2.75, 3.05) is 7.11 Å². The zero-order valence-electron chi connectivity index (χ0n) is 12.0. The third kappa shape index (κ3) is 4.86. The minimum atomic E-state index is -0.279. The van der Waals surface area contributed by atoms with Gasteiger partial charge in [-0.1, -0.05) is 30.3 Å². The molecule has 0 aliphatic heterocycles. The van der Waals surface area contributed by atoms with Crippen molar-refractivity contribution >= 4 is 34.1 Å². The fourth-order valence-electron chi connectivity index (χ4n) is 1.71. The number of benzene rings is 2. The van der Waals surface area contributed by atoms with E-state index in [9.17, 15) is 4.79 Å². The highest BCUT2D eigenvalue weighted by Gasteiger charge is 2.03. The molecule has 0 radical (unpaired) electrons. The van der Waals surface area contributed by atoms with Gasteiger partial charge in [-0.25, -0.2) is 5.43 Å². The standard InChI is InChI=1S/C17H15BrN2O2/c1-22-16-9-7-14(8-10-16)17(21)20-19-12-15(18)11-13-5-3-2-4-6-13/h2-12H,1H3,(H,20,21)/b15-11+,19-12?. The first kappa shape index (κ1) is 16.0. The summed E-state index contributed by atoms with van der Waals surface area (Å²) < 4.78 is 5.80. The average Bonchev–Trinajstić information content (AvgIpc) is 2.55. The molecule has 5 heteroatoms. The van der Waals surface area contributed by atoms with Crippen molar-refractivity contribution in [3.05, 3.63) is 70.2 Å². The lowest BCUT2D eigenvalue weighted by atomic mass is 10.2. The van der Waals surface area contributed by atoms with Crippen molar-refractivity contribution in [2.24, 2.45) is 5.10 Å². The van der Waals surface area contributed by atoms with Gasteiger partial charge in [0, 0.05) is 10.0 Å². The van der Waals surface area contributed by atoms with Crippen molar-refractivity contribution in [3.8, 4) is 5.75 Å². The lowest BCUT2D eigenvalue weighted by molar-refractivity contribution is 0.0955. The molecule has 0 spiro atoms. The predicted molar refractivity (Wildman–Crippen MR) is 92.3 cm³/mol. The number of nitrogens with zero attached hydrogens (tertiary/aromatic N) is 1. The van der Waals surface area contributed by atoms with E-state index in [1.165, 1.54) is 6.21 Å². The Labute approximate surface area is 137 Å². The number of carbonyl (C=O) groups excluding carboxylic acids is 1. The minimum Gasteiger partial charge on any atom is -0.497 e. The van der Waals surface area contributed by atoms with Gasteiger partial charge in [0.2, 0.25) is 0 Å². The zero-order chi connectivity index (χ0) is 15.8. The zero-order valence-corrected chi connectivity index (χ0v) is 13.6. The van der Waals surface area contributed by atoms with E-state index in [4.69, 9.17) is 4.74 Å². The molecule has 0 fully saturated rings. The highest BCUT2D eigenvalue weighted by molar-refractivity contribution is 9.12. The number of hydrazone groups is 1. The van der Waals surface area contributed by atoms with Crippen LogP contribution < -0.4 is 10.2 Å². The first-order valence-electron chi connectivity index (χ1n) is 6.59. The molecule has 2 aromatic carbocycles. The van der Waals surface area contributed by atoms with Gasteiger partial charge >= 0.3 is 0 Å². The summed E-state index contributed by atoms with van der Waals surface area (Å²) in [6, 6.07) is 16.6. The summed E-state index contributed by atoms with van der Waals surface area (Å²) in [5, 5.41) is 3.92. The molecule has 2 rings (SSSR count). The second-order valence-electron chi connectivity index (χ2n) is 4.37. The molecule has 0 atom stereocenters. The monoisotopic (exact) mass is 358 g/mol. The maximum Gasteiger partial charge on any atom is 0.271 e. The van der Waals surface area contributed by atoms with E-state index in [1.807, 2.05) is 36.4 Å². The first-order valence-corrected chi connectivity index (χ1v) is 7.38. The van der Waals surface area contributed by atoms with Crippen molar-refractivity contribution in [1.82, 2.24) is 5.43 Å². The minimum absolute atomic E-state index is 0.279. The van der Waals surface area contributed by atoms with Crippen LogP contribution >= 0.6 is 15.9 Å². The normalized spacial score (nSPS) is 11.5. The summed E-state index contributed by atoms with van der Waals surface area (Å²) in [5.41, 5.74) is 4.03. The van der Waals surface area contributed by atoms with E-state index in [0.29, 0.717) is 11.3 Å². The molecule has 0 saturated carbocycles. The Hall–Kier alpha value is -2.40. The number of amides is 1. The molecular weight excluding hydrogens is 344 g/mol. The van der Waals surface area contributed by atoms with Crippen LogP contribution in [-0.2, 0) is 0 Å². The molecule has 112 valence electrons. The number of carbonyl (C=O) groups is 1. The van der Waals surface area contributed by atoms with Gasteiger partial charge in [-0.2, -0.15) is 5.10 Å². The second-order valence-corrected chi connectivity index (χ2v) is 5.28. The SMILES string of the molecule is COc1ccc(C(=O)NN=C/C(Br)=C\c2ccccc2)cc1. The number of allylic oxidation sites excluding steroid dienone is 1. The van der Waals surface area contributed by atoms with Gasteiger partial charge in [-0.05, 0) is 51.8 Å². The van der Waals surface area contributed by atoms with E-state index in [2.05, 4.69) is 26.5 Å². The maximum absolute atomic E-state index is 11.9. The van der Waals surface area contributed by atoms with Crippen LogP contribution in [0.4, 0.5) is 0 Å². The summed E-state index contributed by atoms with van der Waals surface area (Å²) in [7, 11) is 1.58. The second kappa shape index (κ2) is 8.14. The van der Waals surface area contributed by atoms with Crippen LogP contribution in [0.5, 0.6) is 5.75 Å². The van der Waals surface area contributed by atoms with Crippen molar-refractivity contribution in [3.63, 3.8) is 0 Å². The topological polar surface area (TPSA) is 50.7 Å². The number of nitrogens with one attached hydrogen (secondary N) is 1. The van der Waals surface area contributed by atoms with E-state index in [-0.39, 0.29) is 5.91 Å². The summed E-state index contributed by atoms with van der Waals surface area (Å²) in [6.45, 7) is 0. The molecule has 0 aliphatic rings. The quantitative estimate of drug-likeness (QED) is 0.651. The number of hydrogen-bond acceptors (Lipinski definition) is 3. The van der Waals surface area contributed by atoms with Crippen LogP contribution in [0.2, 0.25) is 0 Å². The van der Waals surface area contributed by atoms with Gasteiger partial charge in [0.15, 0.2) is 0 Å².